The van der Waals surface area contributed by atoms with Gasteiger partial charge in [0.1, 0.15) is 0 Å². The molecule has 4 nitrogen and oxygen atoms in total. The van der Waals surface area contributed by atoms with Crippen LogP contribution in [0.3, 0.4) is 0 Å². The van der Waals surface area contributed by atoms with Gasteiger partial charge in [-0.2, -0.15) is 0 Å². The second kappa shape index (κ2) is 4.68. The van der Waals surface area contributed by atoms with Gasteiger partial charge >= 0.3 is 0 Å². The number of nitrogens with one attached hydrogen (secondary N) is 1. The van der Waals surface area contributed by atoms with Gasteiger partial charge < -0.3 is 9.88 Å². The molecule has 0 atom stereocenters. The van der Waals surface area contributed by atoms with Gasteiger partial charge in [-0.05, 0) is 44.4 Å². The van der Waals surface area contributed by atoms with E-state index >= 15 is 0 Å². The van der Waals surface area contributed by atoms with Gasteiger partial charge in [-0.15, -0.1) is 0 Å². The summed E-state index contributed by atoms with van der Waals surface area (Å²) in [6.07, 6.45) is 3.97. The summed E-state index contributed by atoms with van der Waals surface area (Å²) in [7, 11) is 0. The van der Waals surface area contributed by atoms with Crippen LogP contribution >= 0.6 is 0 Å². The van der Waals surface area contributed by atoms with E-state index < -0.39 is 0 Å². The van der Waals surface area contributed by atoms with E-state index in [0.29, 0.717) is 12.6 Å². The summed E-state index contributed by atoms with van der Waals surface area (Å²) in [6, 6.07) is 6.61. The molecule has 1 aliphatic carbocycles. The number of amides is 1. The van der Waals surface area contributed by atoms with Crippen molar-refractivity contribution in [1.29, 1.82) is 0 Å². The predicted octanol–water partition coefficient (Wildman–Crippen LogP) is 2.64. The van der Waals surface area contributed by atoms with E-state index in [0.717, 1.165) is 29.4 Å². The molecule has 19 heavy (non-hydrogen) atoms. The van der Waals surface area contributed by atoms with Crippen LogP contribution in [0.5, 0.6) is 0 Å². The van der Waals surface area contributed by atoms with E-state index in [4.69, 9.17) is 0 Å². The van der Waals surface area contributed by atoms with Gasteiger partial charge in [0.2, 0.25) is 5.91 Å². The van der Waals surface area contributed by atoms with Crippen molar-refractivity contribution in [3.63, 3.8) is 0 Å². The molecule has 1 aromatic heterocycles. The van der Waals surface area contributed by atoms with Crippen molar-refractivity contribution < 1.29 is 4.79 Å². The molecule has 1 aliphatic rings. The zero-order chi connectivity index (χ0) is 13.4. The molecule has 0 saturated heterocycles. The molecule has 4 heteroatoms. The molecule has 0 spiro atoms. The second-order valence-electron chi connectivity index (χ2n) is 5.56. The van der Waals surface area contributed by atoms with E-state index in [-0.39, 0.29) is 11.8 Å². The highest BCUT2D eigenvalue weighted by molar-refractivity contribution is 5.81. The first-order valence-corrected chi connectivity index (χ1v) is 6.88. The van der Waals surface area contributed by atoms with Crippen molar-refractivity contribution in [2.45, 2.75) is 39.3 Å². The lowest BCUT2D eigenvalue weighted by atomic mass is 10.2. The fraction of sp³-hybridized carbons (Fsp3) is 0.467. The third-order valence-electron chi connectivity index (χ3n) is 3.61. The fourth-order valence-corrected chi connectivity index (χ4v) is 2.28. The number of benzene rings is 1. The first kappa shape index (κ1) is 12.2. The Morgan fingerprint density at radius 1 is 1.47 bits per heavy atom. The average Bonchev–Trinajstić information content (AvgIpc) is 3.15. The summed E-state index contributed by atoms with van der Waals surface area (Å²) >= 11 is 0. The first-order valence-electron chi connectivity index (χ1n) is 6.88. The summed E-state index contributed by atoms with van der Waals surface area (Å²) in [5.41, 5.74) is 3.25. The highest BCUT2D eigenvalue weighted by atomic mass is 16.2. The van der Waals surface area contributed by atoms with Gasteiger partial charge in [-0.25, -0.2) is 4.98 Å². The highest BCUT2D eigenvalue weighted by Gasteiger charge is 2.29. The van der Waals surface area contributed by atoms with E-state index in [1.807, 2.05) is 6.33 Å². The Balaban J connectivity index is 1.76. The molecule has 1 aromatic carbocycles. The smallest absolute Gasteiger partial charge is 0.223 e. The summed E-state index contributed by atoms with van der Waals surface area (Å²) in [4.78, 5) is 16.0. The van der Waals surface area contributed by atoms with Crippen LogP contribution in [0, 0.1) is 5.92 Å². The number of fused-ring (bicyclic) bond motifs is 1. The van der Waals surface area contributed by atoms with E-state index in [2.05, 4.69) is 46.9 Å². The Morgan fingerprint density at radius 2 is 2.26 bits per heavy atom. The first-order chi connectivity index (χ1) is 9.15. The topological polar surface area (TPSA) is 46.9 Å². The Morgan fingerprint density at radius 3 is 2.95 bits per heavy atom. The third kappa shape index (κ3) is 2.48. The maximum Gasteiger partial charge on any atom is 0.223 e. The summed E-state index contributed by atoms with van der Waals surface area (Å²) < 4.78 is 2.15. The van der Waals surface area contributed by atoms with Crippen LogP contribution in [0.25, 0.3) is 11.0 Å². The number of imidazole rings is 1. The Bertz CT molecular complexity index is 611. The lowest BCUT2D eigenvalue weighted by molar-refractivity contribution is -0.122. The van der Waals surface area contributed by atoms with Gasteiger partial charge in [-0.1, -0.05) is 6.07 Å². The van der Waals surface area contributed by atoms with E-state index in [1.165, 1.54) is 0 Å². The molecular weight excluding hydrogens is 238 g/mol. The van der Waals surface area contributed by atoms with E-state index in [9.17, 15) is 4.79 Å². The molecule has 0 radical (unpaired) electrons. The Hall–Kier alpha value is -1.84. The number of carbonyl (C=O) groups excluding carboxylic acids is 1. The maximum absolute atomic E-state index is 11.6. The standard InChI is InChI=1S/C15H19N3O/c1-10(2)18-9-17-13-7-11(3-6-14(13)18)8-16-15(19)12-4-5-12/h3,6-7,9-10,12H,4-5,8H2,1-2H3,(H,16,19). The molecule has 3 rings (SSSR count). The number of hydrogen-bond acceptors (Lipinski definition) is 2. The molecule has 2 aromatic rings. The highest BCUT2D eigenvalue weighted by Crippen LogP contribution is 2.28. The van der Waals surface area contributed by atoms with Crippen LogP contribution < -0.4 is 5.32 Å². The number of hydrogen-bond donors (Lipinski definition) is 1. The molecule has 0 unspecified atom stereocenters. The normalized spacial score (nSPS) is 15.1. The van der Waals surface area contributed by atoms with Crippen molar-refractivity contribution in [1.82, 2.24) is 14.9 Å². The maximum atomic E-state index is 11.6. The number of rotatable bonds is 4. The van der Waals surface area contributed by atoms with Crippen LogP contribution in [-0.2, 0) is 11.3 Å². The zero-order valence-corrected chi connectivity index (χ0v) is 11.4. The van der Waals surface area contributed by atoms with Crippen molar-refractivity contribution in [3.8, 4) is 0 Å². The van der Waals surface area contributed by atoms with Gasteiger partial charge in [0.05, 0.1) is 17.4 Å². The fourth-order valence-electron chi connectivity index (χ4n) is 2.28. The van der Waals surface area contributed by atoms with Crippen molar-refractivity contribution in [2.24, 2.45) is 5.92 Å². The van der Waals surface area contributed by atoms with Gasteiger partial charge in [0.25, 0.3) is 0 Å². The van der Waals surface area contributed by atoms with E-state index in [1.54, 1.807) is 0 Å². The Kier molecular flexibility index (Phi) is 3.01. The molecular formula is C15H19N3O. The lowest BCUT2D eigenvalue weighted by Crippen LogP contribution is -2.24. The summed E-state index contributed by atoms with van der Waals surface area (Å²) in [6.45, 7) is 4.88. The molecule has 0 bridgehead atoms. The van der Waals surface area contributed by atoms with Crippen LogP contribution in [0.15, 0.2) is 24.5 Å². The largest absolute Gasteiger partial charge is 0.352 e. The van der Waals surface area contributed by atoms with Gasteiger partial charge in [0.15, 0.2) is 0 Å². The molecule has 1 saturated carbocycles. The molecule has 1 heterocycles. The molecule has 0 aliphatic heterocycles. The van der Waals surface area contributed by atoms with Gasteiger partial charge in [-0.3, -0.25) is 4.79 Å². The summed E-state index contributed by atoms with van der Waals surface area (Å²) in [5, 5.41) is 2.98. The molecule has 100 valence electrons. The minimum Gasteiger partial charge on any atom is -0.352 e. The van der Waals surface area contributed by atoms with Crippen molar-refractivity contribution in [3.05, 3.63) is 30.1 Å². The molecule has 1 amide bonds. The predicted molar refractivity (Wildman–Crippen MR) is 74.7 cm³/mol. The average molecular weight is 257 g/mol. The van der Waals surface area contributed by atoms with Crippen LogP contribution in [-0.4, -0.2) is 15.5 Å². The number of aromatic nitrogens is 2. The third-order valence-corrected chi connectivity index (χ3v) is 3.61. The van der Waals surface area contributed by atoms with Crippen molar-refractivity contribution in [2.75, 3.05) is 0 Å². The minimum atomic E-state index is 0.188. The van der Waals surface area contributed by atoms with Crippen LogP contribution in [0.2, 0.25) is 0 Å². The van der Waals surface area contributed by atoms with Crippen LogP contribution in [0.1, 0.15) is 38.3 Å². The quantitative estimate of drug-likeness (QED) is 0.915. The second-order valence-corrected chi connectivity index (χ2v) is 5.56. The number of nitrogens with zero attached hydrogens (tertiary/aromatic N) is 2. The minimum absolute atomic E-state index is 0.188. The molecule has 1 fully saturated rings. The Labute approximate surface area is 112 Å². The lowest BCUT2D eigenvalue weighted by Gasteiger charge is -2.08. The number of carbonyl (C=O) groups is 1. The SMILES string of the molecule is CC(C)n1cnc2cc(CNC(=O)C3CC3)ccc21. The van der Waals surface area contributed by atoms with Crippen LogP contribution in [0.4, 0.5) is 0 Å². The summed E-state index contributed by atoms with van der Waals surface area (Å²) in [5.74, 6) is 0.455. The van der Waals surface area contributed by atoms with Crippen molar-refractivity contribution >= 4 is 16.9 Å². The monoisotopic (exact) mass is 257 g/mol. The molecule has 1 N–H and O–H groups in total. The zero-order valence-electron chi connectivity index (χ0n) is 11.4. The van der Waals surface area contributed by atoms with Gasteiger partial charge in [0, 0.05) is 18.5 Å².